The number of unbranched alkanes of at least 4 members (excludes halogenated alkanes) is 1. The average Bonchev–Trinajstić information content (AvgIpc) is 3.40. The maximum absolute atomic E-state index is 12.7. The quantitative estimate of drug-likeness (QED) is 0.137. The number of aromatic nitrogens is 2. The molecule has 0 unspecified atom stereocenters. The molecule has 2 aliphatic heterocycles. The molecule has 3 rings (SSSR count). The Hall–Kier alpha value is -3.07. The van der Waals surface area contributed by atoms with Crippen molar-refractivity contribution in [3.05, 3.63) is 10.0 Å². The van der Waals surface area contributed by atoms with Gasteiger partial charge in [-0.15, -0.1) is 21.5 Å². The number of thioether (sulfide) groups is 1. The zero-order valence-corrected chi connectivity index (χ0v) is 30.9. The Morgan fingerprint density at radius 1 is 0.812 bits per heavy atom. The number of nitrogens with zero attached hydrogens (tertiary/aromatic N) is 4. The number of aryl methyl sites for hydroxylation is 1. The van der Waals surface area contributed by atoms with Crippen LogP contribution < -0.4 is 5.32 Å². The van der Waals surface area contributed by atoms with Gasteiger partial charge in [-0.2, -0.15) is 0 Å². The third-order valence-corrected chi connectivity index (χ3v) is 9.64. The van der Waals surface area contributed by atoms with E-state index in [0.717, 1.165) is 42.5 Å². The number of likely N-dealkylation sites (tertiary alicyclic amines) is 2. The Kier molecular flexibility index (Phi) is 14.8. The molecule has 0 radical (unpaired) electrons. The zero-order valence-electron chi connectivity index (χ0n) is 29.3. The molecule has 15 heteroatoms. The number of hydrogen-bond donors (Lipinski definition) is 3. The summed E-state index contributed by atoms with van der Waals surface area (Å²) < 4.78 is 10.9. The normalized spacial score (nSPS) is 16.4. The lowest BCUT2D eigenvalue weighted by Crippen LogP contribution is -2.42. The number of Topliss-reactive ketones (excluding diaryl/α,β-unsaturated/α-hetero) is 1. The van der Waals surface area contributed by atoms with Crippen LogP contribution >= 0.6 is 23.1 Å². The van der Waals surface area contributed by atoms with Crippen molar-refractivity contribution in [1.29, 1.82) is 10.8 Å². The van der Waals surface area contributed by atoms with Crippen LogP contribution in [0.2, 0.25) is 0 Å². The predicted molar refractivity (Wildman–Crippen MR) is 188 cm³/mol. The molecule has 0 aliphatic carbocycles. The Labute approximate surface area is 292 Å². The van der Waals surface area contributed by atoms with Crippen molar-refractivity contribution in [2.24, 2.45) is 11.8 Å². The average molecular weight is 708 g/mol. The highest BCUT2D eigenvalue weighted by atomic mass is 32.2. The van der Waals surface area contributed by atoms with Crippen LogP contribution in [0.3, 0.4) is 0 Å². The third kappa shape index (κ3) is 15.0. The monoisotopic (exact) mass is 707 g/mol. The van der Waals surface area contributed by atoms with Crippen LogP contribution in [0, 0.1) is 22.7 Å². The first-order valence-electron chi connectivity index (χ1n) is 16.9. The summed E-state index contributed by atoms with van der Waals surface area (Å²) in [5.74, 6) is 0.278. The number of piperidine rings is 2. The molecule has 0 aromatic carbocycles. The summed E-state index contributed by atoms with van der Waals surface area (Å²) in [6, 6.07) is 0. The molecule has 0 bridgehead atoms. The second-order valence-electron chi connectivity index (χ2n) is 14.6. The number of nitrogens with one attached hydrogen (secondary N) is 3. The number of amidine groups is 1. The molecular weight excluding hydrogens is 655 g/mol. The lowest BCUT2D eigenvalue weighted by Gasteiger charge is -2.33. The van der Waals surface area contributed by atoms with Crippen molar-refractivity contribution in [3.63, 3.8) is 0 Å². The van der Waals surface area contributed by atoms with E-state index in [0.29, 0.717) is 68.3 Å². The van der Waals surface area contributed by atoms with Crippen LogP contribution in [0.5, 0.6) is 0 Å². The Morgan fingerprint density at radius 3 is 1.83 bits per heavy atom. The highest BCUT2D eigenvalue weighted by Gasteiger charge is 2.29. The molecule has 13 nitrogen and oxygen atoms in total. The summed E-state index contributed by atoms with van der Waals surface area (Å²) >= 11 is 2.40. The minimum absolute atomic E-state index is 0.0526. The van der Waals surface area contributed by atoms with Gasteiger partial charge in [-0.25, -0.2) is 9.59 Å². The molecule has 1 aromatic rings. The van der Waals surface area contributed by atoms with Gasteiger partial charge in [0, 0.05) is 45.4 Å². The Balaban J connectivity index is 1.24. The summed E-state index contributed by atoms with van der Waals surface area (Å²) in [6.07, 6.45) is 6.09. The second-order valence-corrected chi connectivity index (χ2v) is 16.9. The van der Waals surface area contributed by atoms with Crippen molar-refractivity contribution in [2.75, 3.05) is 26.2 Å². The molecule has 1 aromatic heterocycles. The van der Waals surface area contributed by atoms with Gasteiger partial charge in [0.2, 0.25) is 5.91 Å². The van der Waals surface area contributed by atoms with Gasteiger partial charge in [-0.05, 0) is 110 Å². The number of ether oxygens (including phenoxy) is 2. The predicted octanol–water partition coefficient (Wildman–Crippen LogP) is 6.20. The van der Waals surface area contributed by atoms with Gasteiger partial charge in [0.15, 0.2) is 5.17 Å². The molecule has 3 N–H and O–H groups in total. The van der Waals surface area contributed by atoms with Gasteiger partial charge in [0.05, 0.1) is 11.5 Å². The number of amides is 3. The molecule has 2 saturated heterocycles. The molecular formula is C33H53N7O6S2. The molecule has 2 aliphatic rings. The largest absolute Gasteiger partial charge is 0.444 e. The van der Waals surface area contributed by atoms with Crippen LogP contribution in [-0.4, -0.2) is 91.5 Å². The minimum Gasteiger partial charge on any atom is -0.444 e. The van der Waals surface area contributed by atoms with Crippen LogP contribution in [0.1, 0.15) is 109 Å². The summed E-state index contributed by atoms with van der Waals surface area (Å²) in [7, 11) is 0. The van der Waals surface area contributed by atoms with Crippen molar-refractivity contribution >= 4 is 57.2 Å². The summed E-state index contributed by atoms with van der Waals surface area (Å²) in [4.78, 5) is 53.1. The van der Waals surface area contributed by atoms with E-state index in [9.17, 15) is 19.2 Å². The topological polar surface area (TPSA) is 179 Å². The lowest BCUT2D eigenvalue weighted by molar-refractivity contribution is -0.121. The number of carbonyl (C=O) groups is 4. The summed E-state index contributed by atoms with van der Waals surface area (Å²) in [5, 5.41) is 29.2. The zero-order chi connectivity index (χ0) is 35.5. The van der Waals surface area contributed by atoms with Gasteiger partial charge in [0.25, 0.3) is 0 Å². The fourth-order valence-electron chi connectivity index (χ4n) is 5.52. The minimum atomic E-state index is -0.543. The molecule has 3 amide bonds. The fourth-order valence-corrected chi connectivity index (χ4v) is 7.09. The maximum atomic E-state index is 12.7. The van der Waals surface area contributed by atoms with Crippen molar-refractivity contribution < 1.29 is 28.7 Å². The molecule has 2 fully saturated rings. The first-order chi connectivity index (χ1) is 22.5. The highest BCUT2D eigenvalue weighted by Crippen LogP contribution is 2.25. The van der Waals surface area contributed by atoms with E-state index in [1.54, 1.807) is 9.80 Å². The number of hydrogen-bond acceptors (Lipinski definition) is 12. The molecule has 268 valence electrons. The van der Waals surface area contributed by atoms with Gasteiger partial charge in [-0.1, -0.05) is 0 Å². The van der Waals surface area contributed by atoms with Crippen LogP contribution in [0.15, 0.2) is 0 Å². The molecule has 3 heterocycles. The molecule has 48 heavy (non-hydrogen) atoms. The van der Waals surface area contributed by atoms with Gasteiger partial charge < -0.3 is 24.6 Å². The summed E-state index contributed by atoms with van der Waals surface area (Å²) in [5.41, 5.74) is -1.06. The van der Waals surface area contributed by atoms with E-state index in [1.165, 1.54) is 11.3 Å². The number of rotatable bonds is 11. The number of ketones is 1. The van der Waals surface area contributed by atoms with Crippen LogP contribution in [0.4, 0.5) is 9.59 Å². The number of carbonyl (C=O) groups excluding carboxylic acids is 4. The smallest absolute Gasteiger partial charge is 0.410 e. The second kappa shape index (κ2) is 18.1. The van der Waals surface area contributed by atoms with Crippen LogP contribution in [-0.2, 0) is 31.9 Å². The fraction of sp³-hybridized carbons (Fsp3) is 0.758. The lowest BCUT2D eigenvalue weighted by atomic mass is 9.91. The van der Waals surface area contributed by atoms with E-state index in [2.05, 4.69) is 15.5 Å². The first kappa shape index (κ1) is 39.4. The van der Waals surface area contributed by atoms with E-state index in [4.69, 9.17) is 20.3 Å². The Morgan fingerprint density at radius 2 is 1.31 bits per heavy atom. The SMILES string of the molecule is CC(C)(C)OC(=O)N1CCC(CC(=O)Cc2nnc(CCCCC(=N)SC(=N)NC(=O)CC3CCN(C(=O)OC(C)(C)C)CC3)s2)CC1. The molecule has 0 spiro atoms. The van der Waals surface area contributed by atoms with Crippen molar-refractivity contribution in [3.8, 4) is 0 Å². The summed E-state index contributed by atoms with van der Waals surface area (Å²) in [6.45, 7) is 13.3. The van der Waals surface area contributed by atoms with E-state index < -0.39 is 11.2 Å². The first-order valence-corrected chi connectivity index (χ1v) is 18.5. The van der Waals surface area contributed by atoms with E-state index in [-0.39, 0.29) is 53.7 Å². The standard InChI is InChI=1S/C33H53N7O6S2/c1-32(2,3)45-30(43)39-15-11-22(12-16-39)19-24(41)21-28-38-37-27(48-28)10-8-7-9-25(34)47-29(35)36-26(42)20-23-13-17-40(18-14-23)31(44)46-33(4,5)6/h22-23,34H,7-21H2,1-6H3,(H2,35,36,42). The van der Waals surface area contributed by atoms with Gasteiger partial charge in [0.1, 0.15) is 27.0 Å². The molecule has 0 saturated carbocycles. The Bertz CT molecular complexity index is 1290. The third-order valence-electron chi connectivity index (χ3n) is 7.90. The van der Waals surface area contributed by atoms with E-state index >= 15 is 0 Å². The molecule has 0 atom stereocenters. The van der Waals surface area contributed by atoms with Gasteiger partial charge in [-0.3, -0.25) is 20.4 Å². The van der Waals surface area contributed by atoms with Crippen LogP contribution in [0.25, 0.3) is 0 Å². The van der Waals surface area contributed by atoms with Gasteiger partial charge >= 0.3 is 12.2 Å². The van der Waals surface area contributed by atoms with Crippen molar-refractivity contribution in [1.82, 2.24) is 25.3 Å². The van der Waals surface area contributed by atoms with E-state index in [1.807, 2.05) is 41.5 Å². The highest BCUT2D eigenvalue weighted by molar-refractivity contribution is 8.26. The van der Waals surface area contributed by atoms with Crippen molar-refractivity contribution in [2.45, 2.75) is 123 Å². The maximum Gasteiger partial charge on any atom is 0.410 e.